The molecule has 1 aliphatic rings. The smallest absolute Gasteiger partial charge is 0.354 e. The fourth-order valence-electron chi connectivity index (χ4n) is 2.12. The minimum atomic E-state index is -1.22. The number of likely N-dealkylation sites (tertiary alicyclic amines) is 1. The Labute approximate surface area is 108 Å². The van der Waals surface area contributed by atoms with E-state index in [9.17, 15) is 14.4 Å². The number of amides is 2. The average molecular weight is 266 g/mol. The van der Waals surface area contributed by atoms with Gasteiger partial charge >= 0.3 is 5.97 Å². The number of rotatable bonds is 3. The summed E-state index contributed by atoms with van der Waals surface area (Å²) in [6.07, 6.45) is 1.83. The third-order valence-corrected chi connectivity index (χ3v) is 2.94. The molecule has 2 amide bonds. The van der Waals surface area contributed by atoms with Gasteiger partial charge in [-0.3, -0.25) is 9.59 Å². The average Bonchev–Trinajstić information content (AvgIpc) is 2.94. The van der Waals surface area contributed by atoms with Gasteiger partial charge in [-0.05, 0) is 6.42 Å². The fourth-order valence-corrected chi connectivity index (χ4v) is 2.12. The van der Waals surface area contributed by atoms with E-state index in [4.69, 9.17) is 5.11 Å². The highest BCUT2D eigenvalue weighted by atomic mass is 16.4. The molecule has 102 valence electrons. The number of carboxylic acid groups (broad SMARTS) is 1. The molecule has 8 heteroatoms. The third-order valence-electron chi connectivity index (χ3n) is 2.94. The van der Waals surface area contributed by atoms with Crippen LogP contribution in [0.5, 0.6) is 0 Å². The lowest BCUT2D eigenvalue weighted by molar-refractivity contribution is -0.119. The monoisotopic (exact) mass is 266 g/mol. The van der Waals surface area contributed by atoms with Crippen molar-refractivity contribution in [3.05, 3.63) is 17.7 Å². The van der Waals surface area contributed by atoms with E-state index in [2.05, 4.69) is 15.3 Å². The molecule has 1 saturated heterocycles. The molecule has 0 bridgehead atoms. The summed E-state index contributed by atoms with van der Waals surface area (Å²) in [5.74, 6) is -1.81. The Morgan fingerprint density at radius 1 is 1.53 bits per heavy atom. The lowest BCUT2D eigenvalue weighted by Crippen LogP contribution is -2.37. The molecule has 1 aromatic rings. The Morgan fingerprint density at radius 2 is 2.26 bits per heavy atom. The van der Waals surface area contributed by atoms with Crippen LogP contribution in [0, 0.1) is 0 Å². The van der Waals surface area contributed by atoms with E-state index in [1.807, 2.05) is 0 Å². The van der Waals surface area contributed by atoms with E-state index in [1.54, 1.807) is 0 Å². The summed E-state index contributed by atoms with van der Waals surface area (Å²) in [6.45, 7) is 2.25. The Kier molecular flexibility index (Phi) is 3.50. The molecule has 1 aromatic heterocycles. The molecule has 3 N–H and O–H groups in total. The zero-order valence-corrected chi connectivity index (χ0v) is 10.3. The second-order valence-corrected chi connectivity index (χ2v) is 4.37. The van der Waals surface area contributed by atoms with Crippen LogP contribution in [0.4, 0.5) is 0 Å². The second kappa shape index (κ2) is 5.09. The van der Waals surface area contributed by atoms with Gasteiger partial charge in [0.1, 0.15) is 0 Å². The summed E-state index contributed by atoms with van der Waals surface area (Å²) in [5.41, 5.74) is -0.316. The van der Waals surface area contributed by atoms with Crippen LogP contribution in [0.25, 0.3) is 0 Å². The van der Waals surface area contributed by atoms with Crippen molar-refractivity contribution in [3.8, 4) is 0 Å². The molecule has 2 heterocycles. The molecule has 2 rings (SSSR count). The van der Waals surface area contributed by atoms with E-state index >= 15 is 0 Å². The molecule has 0 aliphatic carbocycles. The van der Waals surface area contributed by atoms with Crippen molar-refractivity contribution < 1.29 is 19.5 Å². The molecule has 0 radical (unpaired) electrons. The van der Waals surface area contributed by atoms with E-state index in [0.29, 0.717) is 19.5 Å². The first-order valence-corrected chi connectivity index (χ1v) is 5.82. The number of nitrogens with one attached hydrogen (secondary N) is 2. The number of nitrogens with zero attached hydrogens (tertiary/aromatic N) is 2. The molecule has 1 aliphatic heterocycles. The summed E-state index contributed by atoms with van der Waals surface area (Å²) >= 11 is 0. The lowest BCUT2D eigenvalue weighted by Gasteiger charge is -2.15. The van der Waals surface area contributed by atoms with Crippen LogP contribution >= 0.6 is 0 Å². The number of carbonyl (C=O) groups is 3. The zero-order chi connectivity index (χ0) is 14.0. The largest absolute Gasteiger partial charge is 0.477 e. The van der Waals surface area contributed by atoms with E-state index in [0.717, 1.165) is 0 Å². The van der Waals surface area contributed by atoms with Crippen molar-refractivity contribution in [1.82, 2.24) is 20.2 Å². The van der Waals surface area contributed by atoms with Crippen molar-refractivity contribution in [1.29, 1.82) is 0 Å². The fraction of sp³-hybridized carbons (Fsp3) is 0.455. The number of imidazole rings is 1. The number of aromatic carboxylic acids is 1. The first-order valence-electron chi connectivity index (χ1n) is 5.82. The highest BCUT2D eigenvalue weighted by molar-refractivity contribution is 6.02. The molecule has 1 atom stereocenters. The van der Waals surface area contributed by atoms with Gasteiger partial charge in [0, 0.05) is 26.1 Å². The van der Waals surface area contributed by atoms with Crippen molar-refractivity contribution in [2.75, 3.05) is 13.1 Å². The summed E-state index contributed by atoms with van der Waals surface area (Å²) in [7, 11) is 0. The summed E-state index contributed by atoms with van der Waals surface area (Å²) in [6, 6.07) is -0.0892. The van der Waals surface area contributed by atoms with Gasteiger partial charge in [0.15, 0.2) is 11.4 Å². The van der Waals surface area contributed by atoms with E-state index < -0.39 is 11.9 Å². The van der Waals surface area contributed by atoms with Gasteiger partial charge in [0.25, 0.3) is 5.91 Å². The maximum atomic E-state index is 12.1. The molecule has 0 spiro atoms. The zero-order valence-electron chi connectivity index (χ0n) is 10.3. The maximum Gasteiger partial charge on any atom is 0.354 e. The minimum absolute atomic E-state index is 0.0892. The topological polar surface area (TPSA) is 115 Å². The molecule has 1 unspecified atom stereocenters. The van der Waals surface area contributed by atoms with Crippen LogP contribution in [0.15, 0.2) is 6.33 Å². The SMILES string of the molecule is CC(=O)NC1CCN(C(=O)c2nc[nH]c2C(=O)O)C1. The third kappa shape index (κ3) is 2.72. The van der Waals surface area contributed by atoms with Gasteiger partial charge in [0.2, 0.25) is 5.91 Å². The van der Waals surface area contributed by atoms with Gasteiger partial charge in [0.05, 0.1) is 6.33 Å². The van der Waals surface area contributed by atoms with Gasteiger partial charge < -0.3 is 20.3 Å². The number of hydrogen-bond acceptors (Lipinski definition) is 4. The quantitative estimate of drug-likeness (QED) is 0.679. The Hall–Kier alpha value is -2.38. The number of carbonyl (C=O) groups excluding carboxylic acids is 2. The van der Waals surface area contributed by atoms with Crippen molar-refractivity contribution in [3.63, 3.8) is 0 Å². The van der Waals surface area contributed by atoms with Crippen LogP contribution in [-0.4, -0.2) is 56.9 Å². The summed E-state index contributed by atoms with van der Waals surface area (Å²) < 4.78 is 0. The van der Waals surface area contributed by atoms with Crippen LogP contribution in [0.3, 0.4) is 0 Å². The van der Waals surface area contributed by atoms with E-state index in [1.165, 1.54) is 18.2 Å². The molecule has 1 fully saturated rings. The predicted octanol–water partition coefficient (Wildman–Crippen LogP) is -0.541. The number of H-pyrrole nitrogens is 1. The first-order chi connectivity index (χ1) is 8.99. The number of carboxylic acids is 1. The molecule has 0 aromatic carbocycles. The summed E-state index contributed by atoms with van der Waals surface area (Å²) in [4.78, 5) is 41.7. The van der Waals surface area contributed by atoms with Crippen molar-refractivity contribution in [2.45, 2.75) is 19.4 Å². The number of hydrogen-bond donors (Lipinski definition) is 3. The van der Waals surface area contributed by atoms with Crippen LogP contribution in [-0.2, 0) is 4.79 Å². The summed E-state index contributed by atoms with van der Waals surface area (Å²) in [5, 5.41) is 11.7. The first kappa shape index (κ1) is 13.1. The molecule has 19 heavy (non-hydrogen) atoms. The Morgan fingerprint density at radius 3 is 2.89 bits per heavy atom. The molecular formula is C11H14N4O4. The Balaban J connectivity index is 2.07. The second-order valence-electron chi connectivity index (χ2n) is 4.37. The van der Waals surface area contributed by atoms with E-state index in [-0.39, 0.29) is 23.3 Å². The van der Waals surface area contributed by atoms with Crippen LogP contribution < -0.4 is 5.32 Å². The number of aromatic nitrogens is 2. The normalized spacial score (nSPS) is 18.4. The van der Waals surface area contributed by atoms with Crippen LogP contribution in [0.2, 0.25) is 0 Å². The maximum absolute atomic E-state index is 12.1. The number of aromatic amines is 1. The highest BCUT2D eigenvalue weighted by Crippen LogP contribution is 2.14. The molecule has 8 nitrogen and oxygen atoms in total. The standard InChI is InChI=1S/C11H14N4O4/c1-6(16)14-7-2-3-15(4-7)10(17)8-9(11(18)19)13-5-12-8/h5,7H,2-4H2,1H3,(H,12,13)(H,14,16)(H,18,19). The highest BCUT2D eigenvalue weighted by Gasteiger charge is 2.30. The van der Waals surface area contributed by atoms with Crippen molar-refractivity contribution in [2.24, 2.45) is 0 Å². The van der Waals surface area contributed by atoms with Gasteiger partial charge in [-0.25, -0.2) is 9.78 Å². The van der Waals surface area contributed by atoms with Gasteiger partial charge in [-0.1, -0.05) is 0 Å². The molecular weight excluding hydrogens is 252 g/mol. The van der Waals surface area contributed by atoms with Gasteiger partial charge in [-0.2, -0.15) is 0 Å². The lowest BCUT2D eigenvalue weighted by atomic mass is 10.2. The van der Waals surface area contributed by atoms with Crippen LogP contribution in [0.1, 0.15) is 34.3 Å². The molecule has 0 saturated carbocycles. The minimum Gasteiger partial charge on any atom is -0.477 e. The van der Waals surface area contributed by atoms with Crippen molar-refractivity contribution >= 4 is 17.8 Å². The van der Waals surface area contributed by atoms with Gasteiger partial charge in [-0.15, -0.1) is 0 Å². The predicted molar refractivity (Wildman–Crippen MR) is 63.7 cm³/mol. The Bertz CT molecular complexity index is 525.